The molecule has 2 N–H and O–H groups in total. The first kappa shape index (κ1) is 15.1. The third kappa shape index (κ3) is 2.76. The summed E-state index contributed by atoms with van der Waals surface area (Å²) < 4.78 is 12.0. The standard InChI is InChI=1S/C18H15N3O4/c1-21-9-14(12-4-2-3-5-13(12)17(21)22)20-18(23)19-11-6-7-15-16(8-11)25-10-24-15/h2-9H,10H2,1H3,(H2,19,20,23). The second-order valence-corrected chi connectivity index (χ2v) is 5.65. The summed E-state index contributed by atoms with van der Waals surface area (Å²) >= 11 is 0. The average molecular weight is 337 g/mol. The molecule has 1 aromatic heterocycles. The molecule has 7 nitrogen and oxygen atoms in total. The number of ether oxygens (including phenoxy) is 2. The zero-order valence-corrected chi connectivity index (χ0v) is 13.4. The lowest BCUT2D eigenvalue weighted by Crippen LogP contribution is -2.22. The van der Waals surface area contributed by atoms with E-state index in [1.165, 1.54) is 4.57 Å². The number of rotatable bonds is 2. The Morgan fingerprint density at radius 1 is 1.04 bits per heavy atom. The van der Waals surface area contributed by atoms with E-state index >= 15 is 0 Å². The van der Waals surface area contributed by atoms with E-state index in [9.17, 15) is 9.59 Å². The number of aromatic nitrogens is 1. The highest BCUT2D eigenvalue weighted by Gasteiger charge is 2.15. The number of carbonyl (C=O) groups is 1. The molecule has 1 aliphatic heterocycles. The lowest BCUT2D eigenvalue weighted by Gasteiger charge is -2.12. The second-order valence-electron chi connectivity index (χ2n) is 5.65. The first-order valence-electron chi connectivity index (χ1n) is 7.68. The summed E-state index contributed by atoms with van der Waals surface area (Å²) in [5.41, 5.74) is 1.02. The molecule has 2 aromatic carbocycles. The van der Waals surface area contributed by atoms with Crippen molar-refractivity contribution in [1.29, 1.82) is 0 Å². The molecule has 7 heteroatoms. The predicted octanol–water partition coefficient (Wildman–Crippen LogP) is 2.91. The number of hydrogen-bond donors (Lipinski definition) is 2. The minimum absolute atomic E-state index is 0.114. The number of hydrogen-bond acceptors (Lipinski definition) is 4. The largest absolute Gasteiger partial charge is 0.454 e. The SMILES string of the molecule is Cn1cc(NC(=O)Nc2ccc3c(c2)OCO3)c2ccccc2c1=O. The van der Waals surface area contributed by atoms with Gasteiger partial charge in [0.1, 0.15) is 0 Å². The Morgan fingerprint density at radius 2 is 1.80 bits per heavy atom. The lowest BCUT2D eigenvalue weighted by atomic mass is 10.1. The molecule has 0 saturated carbocycles. The van der Waals surface area contributed by atoms with Gasteiger partial charge in [-0.2, -0.15) is 0 Å². The van der Waals surface area contributed by atoms with Gasteiger partial charge in [0.05, 0.1) is 5.69 Å². The average Bonchev–Trinajstić information content (AvgIpc) is 3.07. The van der Waals surface area contributed by atoms with Gasteiger partial charge in [0.25, 0.3) is 5.56 Å². The number of fused-ring (bicyclic) bond motifs is 2. The van der Waals surface area contributed by atoms with E-state index < -0.39 is 6.03 Å². The predicted molar refractivity (Wildman–Crippen MR) is 94.4 cm³/mol. The normalized spacial score (nSPS) is 12.2. The van der Waals surface area contributed by atoms with Crippen molar-refractivity contribution in [2.75, 3.05) is 17.4 Å². The maximum atomic E-state index is 12.3. The molecule has 25 heavy (non-hydrogen) atoms. The van der Waals surface area contributed by atoms with Gasteiger partial charge in [-0.15, -0.1) is 0 Å². The first-order valence-corrected chi connectivity index (χ1v) is 7.68. The highest BCUT2D eigenvalue weighted by atomic mass is 16.7. The van der Waals surface area contributed by atoms with Crippen molar-refractivity contribution in [1.82, 2.24) is 4.57 Å². The smallest absolute Gasteiger partial charge is 0.323 e. The quantitative estimate of drug-likeness (QED) is 0.753. The van der Waals surface area contributed by atoms with Crippen molar-refractivity contribution in [3.05, 3.63) is 59.0 Å². The molecule has 0 spiro atoms. The van der Waals surface area contributed by atoms with E-state index in [-0.39, 0.29) is 12.4 Å². The van der Waals surface area contributed by atoms with Crippen molar-refractivity contribution < 1.29 is 14.3 Å². The first-order chi connectivity index (χ1) is 12.1. The molecule has 1 aliphatic rings. The van der Waals surface area contributed by atoms with Crippen LogP contribution in [-0.2, 0) is 7.05 Å². The fourth-order valence-corrected chi connectivity index (χ4v) is 2.77. The Hall–Kier alpha value is -3.48. The number of nitrogens with zero attached hydrogens (tertiary/aromatic N) is 1. The summed E-state index contributed by atoms with van der Waals surface area (Å²) in [4.78, 5) is 24.5. The van der Waals surface area contributed by atoms with Gasteiger partial charge in [0.15, 0.2) is 11.5 Å². The van der Waals surface area contributed by atoms with E-state index in [2.05, 4.69) is 10.6 Å². The van der Waals surface area contributed by atoms with Crippen LogP contribution >= 0.6 is 0 Å². The van der Waals surface area contributed by atoms with Gasteiger partial charge in [-0.1, -0.05) is 18.2 Å². The van der Waals surface area contributed by atoms with Gasteiger partial charge in [0, 0.05) is 35.8 Å². The van der Waals surface area contributed by atoms with Crippen molar-refractivity contribution in [3.8, 4) is 11.5 Å². The highest BCUT2D eigenvalue weighted by molar-refractivity contribution is 6.05. The van der Waals surface area contributed by atoms with E-state index in [0.717, 1.165) is 0 Å². The van der Waals surface area contributed by atoms with Crippen LogP contribution < -0.4 is 25.7 Å². The monoisotopic (exact) mass is 337 g/mol. The van der Waals surface area contributed by atoms with Crippen LogP contribution in [-0.4, -0.2) is 17.4 Å². The van der Waals surface area contributed by atoms with Crippen LogP contribution in [0.5, 0.6) is 11.5 Å². The number of nitrogens with one attached hydrogen (secondary N) is 2. The molecule has 4 rings (SSSR count). The van der Waals surface area contributed by atoms with Gasteiger partial charge in [0.2, 0.25) is 6.79 Å². The zero-order chi connectivity index (χ0) is 17.4. The Morgan fingerprint density at radius 3 is 2.64 bits per heavy atom. The maximum absolute atomic E-state index is 12.3. The van der Waals surface area contributed by atoms with Gasteiger partial charge < -0.3 is 24.7 Å². The zero-order valence-electron chi connectivity index (χ0n) is 13.4. The molecule has 0 saturated heterocycles. The Bertz CT molecular complexity index is 1040. The summed E-state index contributed by atoms with van der Waals surface area (Å²) in [6.45, 7) is 0.176. The Labute approximate surface area is 142 Å². The van der Waals surface area contributed by atoms with Gasteiger partial charge in [-0.25, -0.2) is 4.79 Å². The van der Waals surface area contributed by atoms with Crippen molar-refractivity contribution in [3.63, 3.8) is 0 Å². The molecular formula is C18H15N3O4. The molecule has 0 radical (unpaired) electrons. The van der Waals surface area contributed by atoms with Crippen LogP contribution in [0.1, 0.15) is 0 Å². The molecular weight excluding hydrogens is 322 g/mol. The van der Waals surface area contributed by atoms with Crippen molar-refractivity contribution >= 4 is 28.2 Å². The highest BCUT2D eigenvalue weighted by Crippen LogP contribution is 2.34. The fourth-order valence-electron chi connectivity index (χ4n) is 2.77. The topological polar surface area (TPSA) is 81.6 Å². The number of urea groups is 1. The van der Waals surface area contributed by atoms with Crippen LogP contribution in [0.2, 0.25) is 0 Å². The molecule has 2 amide bonds. The molecule has 0 aliphatic carbocycles. The number of pyridine rings is 1. The molecule has 0 fully saturated rings. The summed E-state index contributed by atoms with van der Waals surface area (Å²) in [5, 5.41) is 6.77. The van der Waals surface area contributed by atoms with Crippen LogP contribution in [0.4, 0.5) is 16.2 Å². The minimum atomic E-state index is -0.414. The van der Waals surface area contributed by atoms with Crippen LogP contribution in [0, 0.1) is 0 Å². The summed E-state index contributed by atoms with van der Waals surface area (Å²) in [7, 11) is 1.65. The third-order valence-electron chi connectivity index (χ3n) is 3.97. The summed E-state index contributed by atoms with van der Waals surface area (Å²) in [6.07, 6.45) is 1.60. The lowest BCUT2D eigenvalue weighted by molar-refractivity contribution is 0.174. The second kappa shape index (κ2) is 5.86. The van der Waals surface area contributed by atoms with Gasteiger partial charge in [-0.3, -0.25) is 4.79 Å². The Kier molecular flexibility index (Phi) is 3.53. The van der Waals surface area contributed by atoms with E-state index in [1.807, 2.05) is 6.07 Å². The molecule has 126 valence electrons. The molecule has 2 heterocycles. The van der Waals surface area contributed by atoms with Crippen LogP contribution in [0.3, 0.4) is 0 Å². The number of carbonyl (C=O) groups excluding carboxylic acids is 1. The number of amides is 2. The van der Waals surface area contributed by atoms with Crippen molar-refractivity contribution in [2.24, 2.45) is 7.05 Å². The number of aryl methyl sites for hydroxylation is 1. The summed E-state index contributed by atoms with van der Waals surface area (Å²) in [6, 6.07) is 11.9. The van der Waals surface area contributed by atoms with E-state index in [0.29, 0.717) is 33.6 Å². The van der Waals surface area contributed by atoms with Gasteiger partial charge >= 0.3 is 6.03 Å². The molecule has 0 unspecified atom stereocenters. The fraction of sp³-hybridized carbons (Fsp3) is 0.111. The Balaban J connectivity index is 1.60. The molecule has 0 bridgehead atoms. The van der Waals surface area contributed by atoms with Crippen molar-refractivity contribution in [2.45, 2.75) is 0 Å². The van der Waals surface area contributed by atoms with Gasteiger partial charge in [-0.05, 0) is 18.2 Å². The van der Waals surface area contributed by atoms with E-state index in [4.69, 9.17) is 9.47 Å². The number of benzene rings is 2. The van der Waals surface area contributed by atoms with Crippen LogP contribution in [0.15, 0.2) is 53.5 Å². The molecule has 0 atom stereocenters. The van der Waals surface area contributed by atoms with Crippen LogP contribution in [0.25, 0.3) is 10.8 Å². The number of anilines is 2. The molecule has 3 aromatic rings. The van der Waals surface area contributed by atoms with E-state index in [1.54, 1.807) is 49.6 Å². The minimum Gasteiger partial charge on any atom is -0.454 e. The third-order valence-corrected chi connectivity index (χ3v) is 3.97. The summed E-state index contributed by atoms with van der Waals surface area (Å²) in [5.74, 6) is 1.24. The maximum Gasteiger partial charge on any atom is 0.323 e.